The Morgan fingerprint density at radius 2 is 1.90 bits per heavy atom. The molecular weight excluding hydrogens is 410 g/mol. The highest BCUT2D eigenvalue weighted by Crippen LogP contribution is 2.47. The summed E-state index contributed by atoms with van der Waals surface area (Å²) in [5.41, 5.74) is 1.78. The van der Waals surface area contributed by atoms with Crippen LogP contribution in [-0.4, -0.2) is 38.2 Å². The van der Waals surface area contributed by atoms with E-state index in [-0.39, 0.29) is 11.7 Å². The van der Waals surface area contributed by atoms with E-state index in [2.05, 4.69) is 5.32 Å². The average Bonchev–Trinajstić information content (AvgIpc) is 3.18. The van der Waals surface area contributed by atoms with Crippen molar-refractivity contribution in [1.82, 2.24) is 5.32 Å². The van der Waals surface area contributed by atoms with E-state index in [0.717, 1.165) is 16.0 Å². The van der Waals surface area contributed by atoms with Gasteiger partial charge < -0.3 is 10.4 Å². The predicted octanol–water partition coefficient (Wildman–Crippen LogP) is 3.44. The second-order valence-corrected chi connectivity index (χ2v) is 10.6. The van der Waals surface area contributed by atoms with Crippen LogP contribution in [0.4, 0.5) is 0 Å². The van der Waals surface area contributed by atoms with Gasteiger partial charge in [-0.2, -0.15) is 0 Å². The van der Waals surface area contributed by atoms with Crippen molar-refractivity contribution in [3.05, 3.63) is 52.9 Å². The summed E-state index contributed by atoms with van der Waals surface area (Å²) in [4.78, 5) is 24.3. The van der Waals surface area contributed by atoms with Crippen LogP contribution in [0.5, 0.6) is 0 Å². The van der Waals surface area contributed by atoms with Crippen LogP contribution in [0, 0.1) is 0 Å². The summed E-state index contributed by atoms with van der Waals surface area (Å²) in [6.45, 7) is 0. The highest BCUT2D eigenvalue weighted by Gasteiger charge is 2.49. The molecule has 1 aliphatic heterocycles. The molecule has 154 valence electrons. The van der Waals surface area contributed by atoms with Crippen molar-refractivity contribution in [3.63, 3.8) is 0 Å². The number of rotatable bonds is 6. The van der Waals surface area contributed by atoms with Crippen molar-refractivity contribution in [3.8, 4) is 10.4 Å². The van der Waals surface area contributed by atoms with E-state index in [1.54, 1.807) is 19.2 Å². The molecule has 0 unspecified atom stereocenters. The maximum Gasteiger partial charge on any atom is 0.305 e. The third kappa shape index (κ3) is 4.43. The molecule has 1 fully saturated rings. The number of likely N-dealkylation sites (N-methyl/N-ethyl adjacent to an activating group) is 1. The van der Waals surface area contributed by atoms with Crippen molar-refractivity contribution >= 4 is 39.1 Å². The quantitative estimate of drug-likeness (QED) is 0.680. The SMILES string of the molecule is CNC(=O)/C=C/c1ccc(-c2ccc([C@@]3(CC(=O)O)CCCCS3(=O)=O)s2)cc1. The number of carboxylic acid groups (broad SMARTS) is 1. The molecule has 1 atom stereocenters. The van der Waals surface area contributed by atoms with Crippen LogP contribution in [0.3, 0.4) is 0 Å². The number of carbonyl (C=O) groups is 2. The number of benzene rings is 1. The molecule has 3 rings (SSSR count). The molecule has 0 aliphatic carbocycles. The van der Waals surface area contributed by atoms with Crippen molar-refractivity contribution in [2.24, 2.45) is 0 Å². The number of carboxylic acids is 1. The lowest BCUT2D eigenvalue weighted by Gasteiger charge is -2.34. The molecule has 1 saturated heterocycles. The van der Waals surface area contributed by atoms with E-state index in [1.807, 2.05) is 30.3 Å². The summed E-state index contributed by atoms with van der Waals surface area (Å²) in [7, 11) is -1.98. The van der Waals surface area contributed by atoms with Crippen LogP contribution in [0.1, 0.15) is 36.1 Å². The fourth-order valence-corrected chi connectivity index (χ4v) is 7.39. The van der Waals surface area contributed by atoms with E-state index in [1.165, 1.54) is 17.4 Å². The number of nitrogens with one attached hydrogen (secondary N) is 1. The summed E-state index contributed by atoms with van der Waals surface area (Å²) in [5.74, 6) is -1.26. The van der Waals surface area contributed by atoms with Crippen molar-refractivity contribution in [2.45, 2.75) is 30.4 Å². The van der Waals surface area contributed by atoms with Gasteiger partial charge in [-0.05, 0) is 42.2 Å². The zero-order valence-electron chi connectivity index (χ0n) is 16.1. The van der Waals surface area contributed by atoms with Crippen LogP contribution < -0.4 is 5.32 Å². The maximum atomic E-state index is 12.9. The Hall–Kier alpha value is -2.45. The van der Waals surface area contributed by atoms with Crippen molar-refractivity contribution in [2.75, 3.05) is 12.8 Å². The van der Waals surface area contributed by atoms with E-state index in [4.69, 9.17) is 0 Å². The second-order valence-electron chi connectivity index (χ2n) is 7.07. The van der Waals surface area contributed by atoms with E-state index in [0.29, 0.717) is 24.1 Å². The molecule has 2 heterocycles. The smallest absolute Gasteiger partial charge is 0.305 e. The largest absolute Gasteiger partial charge is 0.481 e. The van der Waals surface area contributed by atoms with E-state index < -0.39 is 27.0 Å². The third-order valence-electron chi connectivity index (χ3n) is 5.20. The molecule has 1 aromatic heterocycles. The van der Waals surface area contributed by atoms with E-state index >= 15 is 0 Å². The van der Waals surface area contributed by atoms with Gasteiger partial charge in [0.15, 0.2) is 9.84 Å². The highest BCUT2D eigenvalue weighted by molar-refractivity contribution is 7.92. The number of hydrogen-bond acceptors (Lipinski definition) is 5. The predicted molar refractivity (Wildman–Crippen MR) is 114 cm³/mol. The third-order valence-corrected chi connectivity index (χ3v) is 9.25. The molecule has 2 aromatic rings. The Kier molecular flexibility index (Phi) is 6.24. The summed E-state index contributed by atoms with van der Waals surface area (Å²) in [5, 5.41) is 11.9. The number of aliphatic carboxylic acids is 1. The monoisotopic (exact) mass is 433 g/mol. The topological polar surface area (TPSA) is 101 Å². The Bertz CT molecular complexity index is 1040. The summed E-state index contributed by atoms with van der Waals surface area (Å²) >= 11 is 1.34. The fraction of sp³-hybridized carbons (Fsp3) is 0.333. The summed E-state index contributed by atoms with van der Waals surface area (Å²) in [6.07, 6.45) is 4.36. The lowest BCUT2D eigenvalue weighted by Crippen LogP contribution is -2.41. The lowest BCUT2D eigenvalue weighted by atomic mass is 9.95. The van der Waals surface area contributed by atoms with Gasteiger partial charge in [0.2, 0.25) is 5.91 Å². The molecule has 0 spiro atoms. The number of carbonyl (C=O) groups excluding carboxylic acids is 1. The molecule has 6 nitrogen and oxygen atoms in total. The Morgan fingerprint density at radius 3 is 2.52 bits per heavy atom. The summed E-state index contributed by atoms with van der Waals surface area (Å²) < 4.78 is 24.4. The van der Waals surface area contributed by atoms with Gasteiger partial charge in [-0.3, -0.25) is 9.59 Å². The van der Waals surface area contributed by atoms with Crippen LogP contribution in [0.15, 0.2) is 42.5 Å². The Labute approximate surface area is 174 Å². The van der Waals surface area contributed by atoms with E-state index in [9.17, 15) is 23.1 Å². The fourth-order valence-electron chi connectivity index (χ4n) is 3.61. The van der Waals surface area contributed by atoms with Gasteiger partial charge in [-0.1, -0.05) is 30.7 Å². The minimum absolute atomic E-state index is 0.0277. The lowest BCUT2D eigenvalue weighted by molar-refractivity contribution is -0.137. The number of hydrogen-bond donors (Lipinski definition) is 2. The van der Waals surface area contributed by atoms with Gasteiger partial charge in [0.1, 0.15) is 4.75 Å². The van der Waals surface area contributed by atoms with Crippen LogP contribution in [0.25, 0.3) is 16.5 Å². The van der Waals surface area contributed by atoms with Gasteiger partial charge in [-0.25, -0.2) is 8.42 Å². The minimum atomic E-state index is -3.54. The molecule has 2 N–H and O–H groups in total. The van der Waals surface area contributed by atoms with Crippen LogP contribution in [-0.2, 0) is 24.2 Å². The minimum Gasteiger partial charge on any atom is -0.481 e. The molecule has 1 amide bonds. The maximum absolute atomic E-state index is 12.9. The number of sulfone groups is 1. The second kappa shape index (κ2) is 8.51. The van der Waals surface area contributed by atoms with Gasteiger partial charge >= 0.3 is 5.97 Å². The molecular formula is C21H23NO5S2. The normalized spacial score (nSPS) is 21.1. The first-order valence-electron chi connectivity index (χ1n) is 9.32. The van der Waals surface area contributed by atoms with Crippen molar-refractivity contribution < 1.29 is 23.1 Å². The van der Waals surface area contributed by atoms with Crippen LogP contribution >= 0.6 is 11.3 Å². The molecule has 0 saturated carbocycles. The average molecular weight is 434 g/mol. The zero-order valence-corrected chi connectivity index (χ0v) is 17.7. The highest BCUT2D eigenvalue weighted by atomic mass is 32.2. The molecule has 1 aliphatic rings. The van der Waals surface area contributed by atoms with Gasteiger partial charge in [0.05, 0.1) is 12.2 Å². The zero-order chi connectivity index (χ0) is 21.1. The number of amides is 1. The van der Waals surface area contributed by atoms with Gasteiger partial charge in [0, 0.05) is 22.9 Å². The standard InChI is InChI=1S/C21H23NO5S2/c1-22-19(23)11-6-15-4-7-16(8-5-15)17-9-10-18(28-17)21(14-20(24)25)12-2-3-13-29(21,26)27/h4-11H,2-3,12-14H2,1H3,(H,22,23)(H,24,25)/b11-6+/t21-/m0/s1. The summed E-state index contributed by atoms with van der Waals surface area (Å²) in [6, 6.07) is 11.2. The number of thiophene rings is 1. The van der Waals surface area contributed by atoms with Gasteiger partial charge in [0.25, 0.3) is 0 Å². The van der Waals surface area contributed by atoms with Crippen molar-refractivity contribution in [1.29, 1.82) is 0 Å². The molecule has 8 heteroatoms. The molecule has 0 bridgehead atoms. The molecule has 29 heavy (non-hydrogen) atoms. The molecule has 0 radical (unpaired) electrons. The van der Waals surface area contributed by atoms with Crippen LogP contribution in [0.2, 0.25) is 0 Å². The Morgan fingerprint density at radius 1 is 1.17 bits per heavy atom. The molecule has 1 aromatic carbocycles. The Balaban J connectivity index is 1.92. The first-order valence-corrected chi connectivity index (χ1v) is 11.8. The first kappa shape index (κ1) is 21.3. The first-order chi connectivity index (χ1) is 13.8. The van der Waals surface area contributed by atoms with Gasteiger partial charge in [-0.15, -0.1) is 11.3 Å².